The number of carbonyl (C=O) groups is 2. The number of hydrogen-bond donors (Lipinski definition) is 2. The van der Waals surface area contributed by atoms with Crippen LogP contribution in [0.1, 0.15) is 17.3 Å². The highest BCUT2D eigenvalue weighted by Gasteiger charge is 2.19. The van der Waals surface area contributed by atoms with Gasteiger partial charge in [-0.3, -0.25) is 4.79 Å². The topological polar surface area (TPSA) is 75.6 Å². The first kappa shape index (κ1) is 18.4. The number of nitrogens with one attached hydrogen (secondary N) is 1. The number of ether oxygens (including phenoxy) is 1. The maximum Gasteiger partial charge on any atom is 0.337 e. The van der Waals surface area contributed by atoms with Crippen molar-refractivity contribution in [2.24, 2.45) is 0 Å². The zero-order valence-corrected chi connectivity index (χ0v) is 14.6. The van der Waals surface area contributed by atoms with Crippen LogP contribution in [0.4, 0.5) is 5.69 Å². The van der Waals surface area contributed by atoms with Crippen molar-refractivity contribution in [1.29, 1.82) is 0 Å². The summed E-state index contributed by atoms with van der Waals surface area (Å²) in [4.78, 5) is 23.4. The van der Waals surface area contributed by atoms with Crippen LogP contribution in [0.5, 0.6) is 5.75 Å². The van der Waals surface area contributed by atoms with E-state index >= 15 is 0 Å². The Labute approximate surface area is 153 Å². The summed E-state index contributed by atoms with van der Waals surface area (Å²) < 4.78 is 5.48. The van der Waals surface area contributed by atoms with E-state index in [1.165, 1.54) is 37.3 Å². The van der Waals surface area contributed by atoms with E-state index in [-0.39, 0.29) is 22.0 Å². The lowest BCUT2D eigenvalue weighted by Gasteiger charge is -2.16. The molecule has 0 spiro atoms. The van der Waals surface area contributed by atoms with Gasteiger partial charge in [-0.25, -0.2) is 4.79 Å². The molecule has 0 aliphatic heterocycles. The normalized spacial score (nSPS) is 11.7. The SMILES string of the molecule is C[C@H](Oc1ccc(Cl)cc1Cl)C(=O)Nc1cc(Cl)ccc1C(=O)O. The molecule has 126 valence electrons. The molecule has 2 rings (SSSR count). The van der Waals surface area contributed by atoms with Crippen molar-refractivity contribution in [2.45, 2.75) is 13.0 Å². The van der Waals surface area contributed by atoms with Crippen LogP contribution < -0.4 is 10.1 Å². The predicted octanol–water partition coefficient (Wildman–Crippen LogP) is 4.75. The van der Waals surface area contributed by atoms with Crippen molar-refractivity contribution in [3.63, 3.8) is 0 Å². The molecule has 0 unspecified atom stereocenters. The van der Waals surface area contributed by atoms with Gasteiger partial charge < -0.3 is 15.2 Å². The minimum atomic E-state index is -1.18. The molecule has 0 fully saturated rings. The molecule has 0 aromatic heterocycles. The van der Waals surface area contributed by atoms with E-state index in [1.807, 2.05) is 0 Å². The molecule has 0 saturated carbocycles. The van der Waals surface area contributed by atoms with E-state index in [4.69, 9.17) is 44.6 Å². The van der Waals surface area contributed by atoms with Gasteiger partial charge in [0, 0.05) is 10.0 Å². The van der Waals surface area contributed by atoms with E-state index in [9.17, 15) is 9.59 Å². The summed E-state index contributed by atoms with van der Waals surface area (Å²) in [5.41, 5.74) is 0.00197. The number of carbonyl (C=O) groups excluding carboxylic acids is 1. The van der Waals surface area contributed by atoms with Gasteiger partial charge in [0.15, 0.2) is 6.10 Å². The molecule has 2 N–H and O–H groups in total. The zero-order chi connectivity index (χ0) is 17.9. The summed E-state index contributed by atoms with van der Waals surface area (Å²) in [6, 6.07) is 8.69. The molecule has 0 aliphatic rings. The van der Waals surface area contributed by atoms with Crippen LogP contribution in [0.2, 0.25) is 15.1 Å². The Morgan fingerprint density at radius 3 is 2.33 bits per heavy atom. The Morgan fingerprint density at radius 1 is 1.08 bits per heavy atom. The number of carboxylic acid groups (broad SMARTS) is 1. The maximum absolute atomic E-state index is 12.2. The molecule has 1 atom stereocenters. The molecule has 0 radical (unpaired) electrons. The number of rotatable bonds is 5. The third kappa shape index (κ3) is 4.54. The van der Waals surface area contributed by atoms with Crippen molar-refractivity contribution in [2.75, 3.05) is 5.32 Å². The minimum Gasteiger partial charge on any atom is -0.479 e. The third-order valence-electron chi connectivity index (χ3n) is 3.04. The highest BCUT2D eigenvalue weighted by molar-refractivity contribution is 6.35. The van der Waals surface area contributed by atoms with Gasteiger partial charge in [0.2, 0.25) is 0 Å². The number of amides is 1. The predicted molar refractivity (Wildman–Crippen MR) is 93.6 cm³/mol. The van der Waals surface area contributed by atoms with Gasteiger partial charge in [0.05, 0.1) is 16.3 Å². The second-order valence-corrected chi connectivity index (χ2v) is 6.10. The van der Waals surface area contributed by atoms with Crippen LogP contribution >= 0.6 is 34.8 Å². The fourth-order valence-electron chi connectivity index (χ4n) is 1.86. The number of aromatic carboxylic acids is 1. The minimum absolute atomic E-state index is 0.0792. The lowest BCUT2D eigenvalue weighted by molar-refractivity contribution is -0.122. The molecule has 0 saturated heterocycles. The summed E-state index contributed by atoms with van der Waals surface area (Å²) in [5.74, 6) is -1.45. The number of anilines is 1. The Kier molecular flexibility index (Phi) is 5.94. The molecule has 0 heterocycles. The average molecular weight is 389 g/mol. The third-order valence-corrected chi connectivity index (χ3v) is 3.80. The molecule has 2 aromatic carbocycles. The van der Waals surface area contributed by atoms with Crippen LogP contribution in [0.15, 0.2) is 36.4 Å². The first-order valence-electron chi connectivity index (χ1n) is 6.73. The number of benzene rings is 2. The van der Waals surface area contributed by atoms with Gasteiger partial charge in [0.1, 0.15) is 5.75 Å². The summed E-state index contributed by atoms with van der Waals surface area (Å²) in [6.45, 7) is 1.51. The van der Waals surface area contributed by atoms with Gasteiger partial charge in [0.25, 0.3) is 5.91 Å². The molecule has 0 aliphatic carbocycles. The Morgan fingerprint density at radius 2 is 1.71 bits per heavy atom. The van der Waals surface area contributed by atoms with E-state index in [0.717, 1.165) is 0 Å². The lowest BCUT2D eigenvalue weighted by Crippen LogP contribution is -2.30. The van der Waals surface area contributed by atoms with Crippen molar-refractivity contribution in [3.8, 4) is 5.75 Å². The quantitative estimate of drug-likeness (QED) is 0.775. The number of carboxylic acids is 1. The molecule has 8 heteroatoms. The van der Waals surface area contributed by atoms with Crippen LogP contribution in [-0.2, 0) is 4.79 Å². The fourth-order valence-corrected chi connectivity index (χ4v) is 2.48. The van der Waals surface area contributed by atoms with Crippen molar-refractivity contribution < 1.29 is 19.4 Å². The van der Waals surface area contributed by atoms with Crippen molar-refractivity contribution in [3.05, 3.63) is 57.0 Å². The smallest absolute Gasteiger partial charge is 0.337 e. The van der Waals surface area contributed by atoms with Gasteiger partial charge in [-0.2, -0.15) is 0 Å². The molecular weight excluding hydrogens is 377 g/mol. The van der Waals surface area contributed by atoms with Gasteiger partial charge >= 0.3 is 5.97 Å². The van der Waals surface area contributed by atoms with Gasteiger partial charge in [-0.05, 0) is 43.3 Å². The Bertz CT molecular complexity index is 795. The van der Waals surface area contributed by atoms with Crippen LogP contribution in [-0.4, -0.2) is 23.1 Å². The van der Waals surface area contributed by atoms with Crippen LogP contribution in [0.25, 0.3) is 0 Å². The Balaban J connectivity index is 2.14. The second-order valence-electron chi connectivity index (χ2n) is 4.82. The lowest BCUT2D eigenvalue weighted by atomic mass is 10.1. The van der Waals surface area contributed by atoms with Crippen molar-refractivity contribution in [1.82, 2.24) is 0 Å². The van der Waals surface area contributed by atoms with E-state index in [1.54, 1.807) is 6.07 Å². The zero-order valence-electron chi connectivity index (χ0n) is 12.3. The molecular formula is C16H12Cl3NO4. The molecule has 24 heavy (non-hydrogen) atoms. The van der Waals surface area contributed by atoms with Gasteiger partial charge in [-0.15, -0.1) is 0 Å². The van der Waals surface area contributed by atoms with Crippen LogP contribution in [0.3, 0.4) is 0 Å². The molecule has 5 nitrogen and oxygen atoms in total. The maximum atomic E-state index is 12.2. The highest BCUT2D eigenvalue weighted by Crippen LogP contribution is 2.28. The molecule has 2 aromatic rings. The van der Waals surface area contributed by atoms with E-state index in [0.29, 0.717) is 10.0 Å². The monoisotopic (exact) mass is 387 g/mol. The van der Waals surface area contributed by atoms with Gasteiger partial charge in [-0.1, -0.05) is 34.8 Å². The largest absolute Gasteiger partial charge is 0.479 e. The second kappa shape index (κ2) is 7.75. The fraction of sp³-hybridized carbons (Fsp3) is 0.125. The average Bonchev–Trinajstić information content (AvgIpc) is 2.49. The summed E-state index contributed by atoms with van der Waals surface area (Å²) in [6.07, 6.45) is -0.927. The van der Waals surface area contributed by atoms with Crippen LogP contribution in [0, 0.1) is 0 Å². The standard InChI is InChI=1S/C16H12Cl3NO4/c1-8(24-14-5-3-9(17)6-12(14)19)15(21)20-13-7-10(18)2-4-11(13)16(22)23/h2-8H,1H3,(H,20,21)(H,22,23)/t8-/m0/s1. The summed E-state index contributed by atoms with van der Waals surface area (Å²) in [5, 5.41) is 12.6. The highest BCUT2D eigenvalue weighted by atomic mass is 35.5. The number of hydrogen-bond acceptors (Lipinski definition) is 3. The first-order valence-corrected chi connectivity index (χ1v) is 7.86. The van der Waals surface area contributed by atoms with E-state index in [2.05, 4.69) is 5.32 Å². The first-order chi connectivity index (χ1) is 11.3. The van der Waals surface area contributed by atoms with E-state index < -0.39 is 18.0 Å². The van der Waals surface area contributed by atoms with Crippen molar-refractivity contribution >= 4 is 52.4 Å². The molecule has 0 bridgehead atoms. The Hall–Kier alpha value is -1.95. The molecule has 1 amide bonds. The number of halogens is 3. The summed E-state index contributed by atoms with van der Waals surface area (Å²) in [7, 11) is 0. The summed E-state index contributed by atoms with van der Waals surface area (Å²) >= 11 is 17.6.